The number of ether oxygens (including phenoxy) is 1. The molecule has 5 nitrogen and oxygen atoms in total. The number of nitrogens with zero attached hydrogens (tertiary/aromatic N) is 1. The zero-order valence-corrected chi connectivity index (χ0v) is 11.5. The number of nitro benzene ring substituents is 1. The Labute approximate surface area is 121 Å². The van der Waals surface area contributed by atoms with Crippen LogP contribution in [0.5, 0.6) is 5.75 Å². The summed E-state index contributed by atoms with van der Waals surface area (Å²) >= 11 is 0. The summed E-state index contributed by atoms with van der Waals surface area (Å²) in [6, 6.07) is 10.9. The summed E-state index contributed by atoms with van der Waals surface area (Å²) in [4.78, 5) is 10.1. The fraction of sp³-hybridized carbons (Fsp3) is 0.200. The molecule has 2 aromatic carbocycles. The number of hydrogen-bond donors (Lipinski definition) is 1. The lowest BCUT2D eigenvalue weighted by Crippen LogP contribution is -2.04. The lowest BCUT2D eigenvalue weighted by atomic mass is 10.2. The van der Waals surface area contributed by atoms with E-state index in [1.807, 2.05) is 31.2 Å². The Kier molecular flexibility index (Phi) is 4.71. The molecule has 0 radical (unpaired) electrons. The minimum Gasteiger partial charge on any atom is -0.494 e. The summed E-state index contributed by atoms with van der Waals surface area (Å²) in [5.41, 5.74) is 0.967. The van der Waals surface area contributed by atoms with Crippen LogP contribution in [0.4, 0.5) is 15.8 Å². The van der Waals surface area contributed by atoms with E-state index >= 15 is 0 Å². The highest BCUT2D eigenvalue weighted by Crippen LogP contribution is 2.23. The average molecular weight is 290 g/mol. The summed E-state index contributed by atoms with van der Waals surface area (Å²) in [7, 11) is 0. The SMILES string of the molecule is CCOc1ccccc1CNc1cc(F)cc([N+](=O)[O-])c1. The first-order chi connectivity index (χ1) is 10.1. The molecule has 110 valence electrons. The van der Waals surface area contributed by atoms with E-state index in [0.29, 0.717) is 18.8 Å². The van der Waals surface area contributed by atoms with Crippen molar-refractivity contribution in [3.8, 4) is 5.75 Å². The van der Waals surface area contributed by atoms with Gasteiger partial charge in [0.25, 0.3) is 5.69 Å². The molecular weight excluding hydrogens is 275 g/mol. The van der Waals surface area contributed by atoms with Gasteiger partial charge in [-0.15, -0.1) is 0 Å². The minimum absolute atomic E-state index is 0.282. The highest BCUT2D eigenvalue weighted by molar-refractivity contribution is 5.52. The first kappa shape index (κ1) is 14.8. The van der Waals surface area contributed by atoms with Gasteiger partial charge in [0, 0.05) is 23.9 Å². The van der Waals surface area contributed by atoms with Crippen LogP contribution >= 0.6 is 0 Å². The maximum Gasteiger partial charge on any atom is 0.274 e. The first-order valence-corrected chi connectivity index (χ1v) is 6.49. The van der Waals surface area contributed by atoms with Crippen molar-refractivity contribution in [2.24, 2.45) is 0 Å². The molecular formula is C15H15FN2O3. The summed E-state index contributed by atoms with van der Waals surface area (Å²) in [6.45, 7) is 2.82. The Balaban J connectivity index is 2.15. The van der Waals surface area contributed by atoms with E-state index in [9.17, 15) is 14.5 Å². The van der Waals surface area contributed by atoms with Crippen molar-refractivity contribution in [2.75, 3.05) is 11.9 Å². The first-order valence-electron chi connectivity index (χ1n) is 6.49. The van der Waals surface area contributed by atoms with Crippen LogP contribution < -0.4 is 10.1 Å². The number of anilines is 1. The van der Waals surface area contributed by atoms with E-state index in [1.54, 1.807) is 0 Å². The van der Waals surface area contributed by atoms with Gasteiger partial charge in [-0.25, -0.2) is 4.39 Å². The highest BCUT2D eigenvalue weighted by atomic mass is 19.1. The lowest BCUT2D eigenvalue weighted by molar-refractivity contribution is -0.385. The standard InChI is InChI=1S/C15H15FN2O3/c1-2-21-15-6-4-3-5-11(15)10-17-13-7-12(16)8-14(9-13)18(19)20/h3-9,17H,2,10H2,1H3. The minimum atomic E-state index is -0.648. The Morgan fingerprint density at radius 1 is 1.29 bits per heavy atom. The third-order valence-electron chi connectivity index (χ3n) is 2.85. The predicted octanol–water partition coefficient (Wildman–Crippen LogP) is 3.74. The van der Waals surface area contributed by atoms with Gasteiger partial charge in [0.1, 0.15) is 11.6 Å². The van der Waals surface area contributed by atoms with Crippen molar-refractivity contribution < 1.29 is 14.1 Å². The molecule has 0 fully saturated rings. The molecule has 6 heteroatoms. The Morgan fingerprint density at radius 2 is 2.05 bits per heavy atom. The van der Waals surface area contributed by atoms with Crippen LogP contribution in [-0.4, -0.2) is 11.5 Å². The van der Waals surface area contributed by atoms with Crippen LogP contribution in [0.1, 0.15) is 12.5 Å². The molecule has 0 aliphatic carbocycles. The van der Waals surface area contributed by atoms with Crippen LogP contribution in [-0.2, 0) is 6.54 Å². The summed E-state index contributed by atoms with van der Waals surface area (Å²) in [6.07, 6.45) is 0. The third-order valence-corrected chi connectivity index (χ3v) is 2.85. The average Bonchev–Trinajstić information content (AvgIpc) is 2.46. The molecule has 1 N–H and O–H groups in total. The Hall–Kier alpha value is -2.63. The zero-order valence-electron chi connectivity index (χ0n) is 11.5. The predicted molar refractivity (Wildman–Crippen MR) is 78.0 cm³/mol. The fourth-order valence-corrected chi connectivity index (χ4v) is 1.93. The maximum absolute atomic E-state index is 13.3. The quantitative estimate of drug-likeness (QED) is 0.650. The van der Waals surface area contributed by atoms with Crippen LogP contribution in [0.15, 0.2) is 42.5 Å². The largest absolute Gasteiger partial charge is 0.494 e. The number of para-hydroxylation sites is 1. The van der Waals surface area contributed by atoms with Crippen molar-refractivity contribution in [2.45, 2.75) is 13.5 Å². The van der Waals surface area contributed by atoms with Gasteiger partial charge in [-0.3, -0.25) is 10.1 Å². The number of nitrogens with one attached hydrogen (secondary N) is 1. The number of hydrogen-bond acceptors (Lipinski definition) is 4. The molecule has 0 saturated carbocycles. The summed E-state index contributed by atoms with van der Waals surface area (Å²) < 4.78 is 18.8. The molecule has 0 aromatic heterocycles. The highest BCUT2D eigenvalue weighted by Gasteiger charge is 2.10. The molecule has 2 aromatic rings. The molecule has 0 saturated heterocycles. The van der Waals surface area contributed by atoms with E-state index in [1.165, 1.54) is 12.1 Å². The van der Waals surface area contributed by atoms with E-state index in [0.717, 1.165) is 17.4 Å². The van der Waals surface area contributed by atoms with Gasteiger partial charge in [0.05, 0.1) is 17.6 Å². The monoisotopic (exact) mass is 290 g/mol. The van der Waals surface area contributed by atoms with Crippen LogP contribution in [0.2, 0.25) is 0 Å². The molecule has 0 bridgehead atoms. The zero-order chi connectivity index (χ0) is 15.2. The molecule has 0 unspecified atom stereocenters. The molecule has 2 rings (SSSR count). The maximum atomic E-state index is 13.3. The van der Waals surface area contributed by atoms with E-state index < -0.39 is 10.7 Å². The van der Waals surface area contributed by atoms with Gasteiger partial charge < -0.3 is 10.1 Å². The van der Waals surface area contributed by atoms with E-state index in [2.05, 4.69) is 5.32 Å². The molecule has 0 heterocycles. The van der Waals surface area contributed by atoms with Gasteiger partial charge in [-0.05, 0) is 19.1 Å². The van der Waals surface area contributed by atoms with E-state index in [-0.39, 0.29) is 5.69 Å². The number of nitro groups is 1. The number of benzene rings is 2. The van der Waals surface area contributed by atoms with Gasteiger partial charge in [-0.2, -0.15) is 0 Å². The normalized spacial score (nSPS) is 10.2. The van der Waals surface area contributed by atoms with Crippen molar-refractivity contribution in [3.05, 3.63) is 64.0 Å². The second-order valence-corrected chi connectivity index (χ2v) is 4.35. The molecule has 0 amide bonds. The smallest absolute Gasteiger partial charge is 0.274 e. The molecule has 21 heavy (non-hydrogen) atoms. The lowest BCUT2D eigenvalue weighted by Gasteiger charge is -2.11. The molecule has 0 aliphatic heterocycles. The third kappa shape index (κ3) is 3.92. The van der Waals surface area contributed by atoms with Crippen LogP contribution in [0, 0.1) is 15.9 Å². The number of non-ortho nitro benzene ring substituents is 1. The Morgan fingerprint density at radius 3 is 2.76 bits per heavy atom. The van der Waals surface area contributed by atoms with Crippen molar-refractivity contribution in [3.63, 3.8) is 0 Å². The number of rotatable bonds is 6. The second kappa shape index (κ2) is 6.69. The number of halogens is 1. The Bertz CT molecular complexity index is 647. The van der Waals surface area contributed by atoms with Gasteiger partial charge >= 0.3 is 0 Å². The molecule has 0 aliphatic rings. The van der Waals surface area contributed by atoms with E-state index in [4.69, 9.17) is 4.74 Å². The summed E-state index contributed by atoms with van der Waals surface area (Å²) in [5.74, 6) is 0.0863. The molecule has 0 spiro atoms. The van der Waals surface area contributed by atoms with Crippen LogP contribution in [0.3, 0.4) is 0 Å². The van der Waals surface area contributed by atoms with Crippen LogP contribution in [0.25, 0.3) is 0 Å². The fourth-order valence-electron chi connectivity index (χ4n) is 1.93. The van der Waals surface area contributed by atoms with Gasteiger partial charge in [0.2, 0.25) is 0 Å². The van der Waals surface area contributed by atoms with Crippen molar-refractivity contribution in [1.82, 2.24) is 0 Å². The van der Waals surface area contributed by atoms with Gasteiger partial charge in [0.15, 0.2) is 0 Å². The summed E-state index contributed by atoms with van der Waals surface area (Å²) in [5, 5.41) is 13.7. The van der Waals surface area contributed by atoms with Crippen molar-refractivity contribution >= 4 is 11.4 Å². The second-order valence-electron chi connectivity index (χ2n) is 4.35. The molecule has 0 atom stereocenters. The topological polar surface area (TPSA) is 64.4 Å². The van der Waals surface area contributed by atoms with Gasteiger partial charge in [-0.1, -0.05) is 18.2 Å². The van der Waals surface area contributed by atoms with Crippen molar-refractivity contribution in [1.29, 1.82) is 0 Å².